The number of hydrogen-bond acceptors (Lipinski definition) is 4. The minimum absolute atomic E-state index is 0.140. The van der Waals surface area contributed by atoms with Crippen molar-refractivity contribution in [3.05, 3.63) is 24.3 Å². The Morgan fingerprint density at radius 3 is 2.42 bits per heavy atom. The van der Waals surface area contributed by atoms with Crippen LogP contribution in [0.1, 0.15) is 13.8 Å². The number of sulfonamides is 1. The van der Waals surface area contributed by atoms with Crippen LogP contribution in [0.3, 0.4) is 0 Å². The average Bonchev–Trinajstić information content (AvgIpc) is 2.38. The van der Waals surface area contributed by atoms with Crippen LogP contribution in [-0.2, 0) is 14.8 Å². The van der Waals surface area contributed by atoms with E-state index in [9.17, 15) is 8.42 Å². The molecule has 1 atom stereocenters. The lowest BCUT2D eigenvalue weighted by molar-refractivity contribution is 0.161. The second-order valence-electron chi connectivity index (χ2n) is 4.47. The summed E-state index contributed by atoms with van der Waals surface area (Å²) in [4.78, 5) is 0.277. The fraction of sp³-hybridized carbons (Fsp3) is 0.538. The molecule has 0 aromatic heterocycles. The molecule has 1 aromatic rings. The maximum Gasteiger partial charge on any atom is 0.240 e. The van der Waals surface area contributed by atoms with Gasteiger partial charge in [0, 0.05) is 32.5 Å². The zero-order valence-corrected chi connectivity index (χ0v) is 12.5. The van der Waals surface area contributed by atoms with E-state index in [1.165, 1.54) is 0 Å². The Balaban J connectivity index is 2.66. The molecule has 0 aliphatic rings. The number of benzene rings is 1. The van der Waals surface area contributed by atoms with E-state index >= 15 is 0 Å². The summed E-state index contributed by atoms with van der Waals surface area (Å²) in [5.74, 6) is 0.140. The molecule has 0 spiro atoms. The first kappa shape index (κ1) is 15.9. The summed E-state index contributed by atoms with van der Waals surface area (Å²) >= 11 is 0. The molecule has 6 heteroatoms. The second kappa shape index (κ2) is 7.47. The first-order valence-corrected chi connectivity index (χ1v) is 7.80. The fourth-order valence-electron chi connectivity index (χ4n) is 1.63. The lowest BCUT2D eigenvalue weighted by atomic mass is 10.2. The molecule has 0 bridgehead atoms. The SMILES string of the molecule is CCNc1ccc(S(=O)(=O)NCC(C)COC)cc1. The van der Waals surface area contributed by atoms with Gasteiger partial charge in [-0.05, 0) is 37.1 Å². The first-order valence-electron chi connectivity index (χ1n) is 6.32. The third-order valence-electron chi connectivity index (χ3n) is 2.62. The summed E-state index contributed by atoms with van der Waals surface area (Å²) in [5, 5.41) is 3.12. The fourth-order valence-corrected chi connectivity index (χ4v) is 2.80. The van der Waals surface area contributed by atoms with Crippen LogP contribution in [0.5, 0.6) is 0 Å². The predicted octanol–water partition coefficient (Wildman–Crippen LogP) is 1.68. The van der Waals surface area contributed by atoms with E-state index in [-0.39, 0.29) is 10.8 Å². The summed E-state index contributed by atoms with van der Waals surface area (Å²) in [6, 6.07) is 6.72. The average molecular weight is 286 g/mol. The molecule has 0 radical (unpaired) electrons. The normalized spacial score (nSPS) is 13.2. The third kappa shape index (κ3) is 5.18. The molecule has 0 aliphatic heterocycles. The van der Waals surface area contributed by atoms with E-state index in [0.717, 1.165) is 12.2 Å². The van der Waals surface area contributed by atoms with E-state index < -0.39 is 10.0 Å². The van der Waals surface area contributed by atoms with Crippen molar-refractivity contribution in [2.45, 2.75) is 18.7 Å². The number of rotatable bonds is 8. The Labute approximate surface area is 115 Å². The summed E-state index contributed by atoms with van der Waals surface area (Å²) in [7, 11) is -1.84. The maximum absolute atomic E-state index is 12.0. The van der Waals surface area contributed by atoms with E-state index in [1.807, 2.05) is 13.8 Å². The van der Waals surface area contributed by atoms with Crippen molar-refractivity contribution in [2.24, 2.45) is 5.92 Å². The van der Waals surface area contributed by atoms with Gasteiger partial charge in [-0.2, -0.15) is 0 Å². The van der Waals surface area contributed by atoms with Crippen molar-refractivity contribution >= 4 is 15.7 Å². The molecule has 5 nitrogen and oxygen atoms in total. The highest BCUT2D eigenvalue weighted by Gasteiger charge is 2.14. The molecule has 0 heterocycles. The van der Waals surface area contributed by atoms with Gasteiger partial charge in [0.1, 0.15) is 0 Å². The predicted molar refractivity (Wildman–Crippen MR) is 76.8 cm³/mol. The monoisotopic (exact) mass is 286 g/mol. The zero-order chi connectivity index (χ0) is 14.3. The highest BCUT2D eigenvalue weighted by atomic mass is 32.2. The topological polar surface area (TPSA) is 67.4 Å². The van der Waals surface area contributed by atoms with Crippen LogP contribution in [-0.4, -0.2) is 35.2 Å². The van der Waals surface area contributed by atoms with Crippen LogP contribution in [0.4, 0.5) is 5.69 Å². The van der Waals surface area contributed by atoms with E-state index in [1.54, 1.807) is 31.4 Å². The second-order valence-corrected chi connectivity index (χ2v) is 6.23. The van der Waals surface area contributed by atoms with Crippen molar-refractivity contribution in [2.75, 3.05) is 32.1 Å². The third-order valence-corrected chi connectivity index (χ3v) is 4.06. The number of hydrogen-bond donors (Lipinski definition) is 2. The molecule has 1 unspecified atom stereocenters. The standard InChI is InChI=1S/C13H22N2O3S/c1-4-14-12-5-7-13(8-6-12)19(16,17)15-9-11(2)10-18-3/h5-8,11,14-15H,4,9-10H2,1-3H3. The van der Waals surface area contributed by atoms with Gasteiger partial charge in [-0.25, -0.2) is 13.1 Å². The van der Waals surface area contributed by atoms with E-state index in [2.05, 4.69) is 10.0 Å². The van der Waals surface area contributed by atoms with Crippen LogP contribution in [0.15, 0.2) is 29.2 Å². The van der Waals surface area contributed by atoms with Crippen molar-refractivity contribution in [1.29, 1.82) is 0 Å². The molecule has 19 heavy (non-hydrogen) atoms. The van der Waals surface area contributed by atoms with Crippen LogP contribution in [0.25, 0.3) is 0 Å². The molecule has 0 saturated heterocycles. The number of ether oxygens (including phenoxy) is 1. The molecule has 108 valence electrons. The molecule has 0 amide bonds. The smallest absolute Gasteiger partial charge is 0.240 e. The molecule has 0 fully saturated rings. The highest BCUT2D eigenvalue weighted by Crippen LogP contribution is 2.13. The van der Waals surface area contributed by atoms with Gasteiger partial charge in [-0.15, -0.1) is 0 Å². The van der Waals surface area contributed by atoms with Crippen LogP contribution in [0.2, 0.25) is 0 Å². The Morgan fingerprint density at radius 2 is 1.89 bits per heavy atom. The zero-order valence-electron chi connectivity index (χ0n) is 11.6. The largest absolute Gasteiger partial charge is 0.385 e. The van der Waals surface area contributed by atoms with Gasteiger partial charge in [0.15, 0.2) is 0 Å². The van der Waals surface area contributed by atoms with Gasteiger partial charge in [0.05, 0.1) is 4.90 Å². The molecule has 2 N–H and O–H groups in total. The van der Waals surface area contributed by atoms with Gasteiger partial charge in [-0.1, -0.05) is 6.92 Å². The van der Waals surface area contributed by atoms with Gasteiger partial charge in [0.2, 0.25) is 10.0 Å². The maximum atomic E-state index is 12.0. The lowest BCUT2D eigenvalue weighted by Gasteiger charge is -2.12. The van der Waals surface area contributed by atoms with Crippen molar-refractivity contribution in [1.82, 2.24) is 4.72 Å². The first-order chi connectivity index (χ1) is 8.99. The van der Waals surface area contributed by atoms with Crippen LogP contribution in [0, 0.1) is 5.92 Å². The van der Waals surface area contributed by atoms with Gasteiger partial charge in [-0.3, -0.25) is 0 Å². The summed E-state index contributed by atoms with van der Waals surface area (Å²) < 4.78 is 31.6. The molecule has 1 rings (SSSR count). The van der Waals surface area contributed by atoms with Gasteiger partial charge < -0.3 is 10.1 Å². The van der Waals surface area contributed by atoms with Crippen molar-refractivity contribution in [3.8, 4) is 0 Å². The Morgan fingerprint density at radius 1 is 1.26 bits per heavy atom. The minimum atomic E-state index is -3.44. The Hall–Kier alpha value is -1.11. The van der Waals surface area contributed by atoms with E-state index in [4.69, 9.17) is 4.74 Å². The summed E-state index contributed by atoms with van der Waals surface area (Å²) in [5.41, 5.74) is 0.911. The van der Waals surface area contributed by atoms with Gasteiger partial charge in [0.25, 0.3) is 0 Å². The van der Waals surface area contributed by atoms with Crippen molar-refractivity contribution in [3.63, 3.8) is 0 Å². The molecular weight excluding hydrogens is 264 g/mol. The quantitative estimate of drug-likeness (QED) is 0.763. The summed E-state index contributed by atoms with van der Waals surface area (Å²) in [6.45, 7) is 5.62. The van der Waals surface area contributed by atoms with Crippen LogP contribution >= 0.6 is 0 Å². The lowest BCUT2D eigenvalue weighted by Crippen LogP contribution is -2.30. The van der Waals surface area contributed by atoms with E-state index in [0.29, 0.717) is 13.2 Å². The minimum Gasteiger partial charge on any atom is -0.385 e. The van der Waals surface area contributed by atoms with Crippen molar-refractivity contribution < 1.29 is 13.2 Å². The molecular formula is C13H22N2O3S. The Bertz CT molecular complexity index is 471. The molecule has 0 saturated carbocycles. The summed E-state index contributed by atoms with van der Waals surface area (Å²) in [6.07, 6.45) is 0. The van der Waals surface area contributed by atoms with Crippen LogP contribution < -0.4 is 10.0 Å². The Kier molecular flexibility index (Phi) is 6.27. The molecule has 0 aliphatic carbocycles. The highest BCUT2D eigenvalue weighted by molar-refractivity contribution is 7.89. The number of methoxy groups -OCH3 is 1. The number of nitrogens with one attached hydrogen (secondary N) is 2. The van der Waals surface area contributed by atoms with Gasteiger partial charge >= 0.3 is 0 Å². The number of anilines is 1. The molecule has 1 aromatic carbocycles.